The van der Waals surface area contributed by atoms with E-state index in [1.165, 1.54) is 0 Å². The third kappa shape index (κ3) is 3.86. The minimum absolute atomic E-state index is 0.177. The van der Waals surface area contributed by atoms with Gasteiger partial charge in [-0.15, -0.1) is 13.2 Å². The van der Waals surface area contributed by atoms with Crippen molar-refractivity contribution < 1.29 is 0 Å². The van der Waals surface area contributed by atoms with Crippen LogP contribution in [0.15, 0.2) is 60.5 Å². The van der Waals surface area contributed by atoms with Gasteiger partial charge in [0.2, 0.25) is 0 Å². The predicted molar refractivity (Wildman–Crippen MR) is 93.5 cm³/mol. The van der Waals surface area contributed by atoms with Gasteiger partial charge in [0.05, 0.1) is 12.1 Å². The van der Waals surface area contributed by atoms with Crippen molar-refractivity contribution in [2.75, 3.05) is 0 Å². The summed E-state index contributed by atoms with van der Waals surface area (Å²) in [5.74, 6) is 0. The molecule has 0 radical (unpaired) electrons. The van der Waals surface area contributed by atoms with Crippen LogP contribution in [0.5, 0.6) is 0 Å². The SMILES string of the molecule is C=C.CC.O=c1[nH]c2ccnc(Cl)c2n1Cc1ccccc1. The summed E-state index contributed by atoms with van der Waals surface area (Å²) < 4.78 is 1.60. The quantitative estimate of drug-likeness (QED) is 0.567. The zero-order chi connectivity index (χ0) is 16.5. The van der Waals surface area contributed by atoms with Gasteiger partial charge in [-0.25, -0.2) is 9.78 Å². The Kier molecular flexibility index (Phi) is 7.13. The number of halogens is 1. The Labute approximate surface area is 135 Å². The molecule has 0 bridgehead atoms. The van der Waals surface area contributed by atoms with E-state index >= 15 is 0 Å². The third-order valence-electron chi connectivity index (χ3n) is 2.82. The number of H-pyrrole nitrogens is 1. The van der Waals surface area contributed by atoms with Gasteiger partial charge in [-0.1, -0.05) is 55.8 Å². The summed E-state index contributed by atoms with van der Waals surface area (Å²) >= 11 is 6.05. The van der Waals surface area contributed by atoms with Crippen molar-refractivity contribution in [1.82, 2.24) is 14.5 Å². The number of nitrogens with zero attached hydrogens (tertiary/aromatic N) is 2. The second-order valence-electron chi connectivity index (χ2n) is 4.00. The minimum atomic E-state index is -0.177. The minimum Gasteiger partial charge on any atom is -0.305 e. The van der Waals surface area contributed by atoms with Crippen LogP contribution in [0.1, 0.15) is 19.4 Å². The fourth-order valence-corrected chi connectivity index (χ4v) is 2.25. The van der Waals surface area contributed by atoms with Gasteiger partial charge in [-0.3, -0.25) is 4.57 Å². The van der Waals surface area contributed by atoms with E-state index in [1.54, 1.807) is 16.8 Å². The van der Waals surface area contributed by atoms with E-state index < -0.39 is 0 Å². The summed E-state index contributed by atoms with van der Waals surface area (Å²) in [5.41, 5.74) is 2.22. The Hall–Kier alpha value is -2.33. The van der Waals surface area contributed by atoms with Crippen LogP contribution in [0.3, 0.4) is 0 Å². The average Bonchev–Trinajstić information content (AvgIpc) is 2.89. The van der Waals surface area contributed by atoms with Crippen LogP contribution in [0.2, 0.25) is 5.15 Å². The lowest BCUT2D eigenvalue weighted by Gasteiger charge is -2.04. The maximum absolute atomic E-state index is 11.9. The molecule has 0 unspecified atom stereocenters. The molecule has 0 saturated carbocycles. The molecule has 0 amide bonds. The molecule has 4 nitrogen and oxygen atoms in total. The molecule has 22 heavy (non-hydrogen) atoms. The number of hydrogen-bond donors (Lipinski definition) is 1. The van der Waals surface area contributed by atoms with Crippen LogP contribution < -0.4 is 5.69 Å². The molecule has 0 aliphatic rings. The number of benzene rings is 1. The van der Waals surface area contributed by atoms with Crippen molar-refractivity contribution in [2.45, 2.75) is 20.4 Å². The van der Waals surface area contributed by atoms with Crippen molar-refractivity contribution in [3.63, 3.8) is 0 Å². The first-order valence-corrected chi connectivity index (χ1v) is 7.40. The van der Waals surface area contributed by atoms with Crippen molar-refractivity contribution in [3.05, 3.63) is 77.0 Å². The van der Waals surface area contributed by atoms with Crippen molar-refractivity contribution in [1.29, 1.82) is 0 Å². The van der Waals surface area contributed by atoms with Gasteiger partial charge in [-0.05, 0) is 11.6 Å². The van der Waals surface area contributed by atoms with E-state index in [0.29, 0.717) is 22.7 Å². The lowest BCUT2D eigenvalue weighted by Crippen LogP contribution is -2.17. The molecule has 1 aromatic carbocycles. The van der Waals surface area contributed by atoms with Crippen LogP contribution in [0.25, 0.3) is 11.0 Å². The fraction of sp³-hybridized carbons (Fsp3) is 0.176. The molecule has 2 heterocycles. The number of aromatic nitrogens is 3. The maximum atomic E-state index is 11.9. The zero-order valence-corrected chi connectivity index (χ0v) is 13.6. The molecule has 0 atom stereocenters. The van der Waals surface area contributed by atoms with E-state index in [0.717, 1.165) is 5.56 Å². The molecule has 3 aromatic rings. The summed E-state index contributed by atoms with van der Waals surface area (Å²) in [6.45, 7) is 10.5. The number of aromatic amines is 1. The molecular formula is C17H20ClN3O. The summed E-state index contributed by atoms with van der Waals surface area (Å²) in [7, 11) is 0. The van der Waals surface area contributed by atoms with Crippen LogP contribution in [-0.2, 0) is 6.54 Å². The molecule has 0 aliphatic carbocycles. The van der Waals surface area contributed by atoms with Crippen molar-refractivity contribution >= 4 is 22.6 Å². The van der Waals surface area contributed by atoms with Crippen molar-refractivity contribution in [2.24, 2.45) is 0 Å². The largest absolute Gasteiger partial charge is 0.326 e. The molecule has 0 spiro atoms. The smallest absolute Gasteiger partial charge is 0.305 e. The molecule has 5 heteroatoms. The van der Waals surface area contributed by atoms with E-state index in [9.17, 15) is 4.79 Å². The van der Waals surface area contributed by atoms with E-state index in [1.807, 2.05) is 44.2 Å². The van der Waals surface area contributed by atoms with Gasteiger partial charge in [0, 0.05) is 6.20 Å². The molecule has 0 aliphatic heterocycles. The van der Waals surface area contributed by atoms with Gasteiger partial charge in [0.1, 0.15) is 5.52 Å². The molecule has 2 aromatic heterocycles. The Morgan fingerprint density at radius 3 is 2.45 bits per heavy atom. The number of hydrogen-bond acceptors (Lipinski definition) is 2. The van der Waals surface area contributed by atoms with Crippen LogP contribution in [0.4, 0.5) is 0 Å². The van der Waals surface area contributed by atoms with Gasteiger partial charge in [0.15, 0.2) is 5.15 Å². The number of fused-ring (bicyclic) bond motifs is 1. The zero-order valence-electron chi connectivity index (χ0n) is 12.8. The Bertz CT molecular complexity index is 762. The molecule has 0 saturated heterocycles. The lowest BCUT2D eigenvalue weighted by atomic mass is 10.2. The van der Waals surface area contributed by atoms with E-state index in [2.05, 4.69) is 23.1 Å². The molecule has 1 N–H and O–H groups in total. The maximum Gasteiger partial charge on any atom is 0.326 e. The highest BCUT2D eigenvalue weighted by atomic mass is 35.5. The Morgan fingerprint density at radius 1 is 1.18 bits per heavy atom. The summed E-state index contributed by atoms with van der Waals surface area (Å²) in [6.07, 6.45) is 1.58. The number of rotatable bonds is 2. The van der Waals surface area contributed by atoms with Crippen LogP contribution >= 0.6 is 11.6 Å². The second-order valence-corrected chi connectivity index (χ2v) is 4.36. The van der Waals surface area contributed by atoms with Gasteiger partial charge in [-0.2, -0.15) is 0 Å². The molecule has 116 valence electrons. The number of nitrogens with one attached hydrogen (secondary N) is 1. The first-order chi connectivity index (χ1) is 10.8. The summed E-state index contributed by atoms with van der Waals surface area (Å²) in [5, 5.41) is 0.335. The van der Waals surface area contributed by atoms with Crippen molar-refractivity contribution in [3.8, 4) is 0 Å². The highest BCUT2D eigenvalue weighted by Crippen LogP contribution is 2.18. The average molecular weight is 318 g/mol. The second kappa shape index (κ2) is 8.85. The van der Waals surface area contributed by atoms with Gasteiger partial charge < -0.3 is 4.98 Å². The standard InChI is InChI=1S/C13H10ClN3O.C2H6.C2H4/c14-12-11-10(6-7-15-12)16-13(18)17(11)8-9-4-2-1-3-5-9;2*1-2/h1-7H,8H2,(H,16,18);1-2H3;1-2H2. The van der Waals surface area contributed by atoms with Crippen LogP contribution in [0, 0.1) is 0 Å². The third-order valence-corrected chi connectivity index (χ3v) is 3.10. The number of pyridine rings is 1. The first-order valence-electron chi connectivity index (χ1n) is 7.02. The lowest BCUT2D eigenvalue weighted by molar-refractivity contribution is 0.786. The van der Waals surface area contributed by atoms with Gasteiger partial charge >= 0.3 is 5.69 Å². The summed E-state index contributed by atoms with van der Waals surface area (Å²) in [6, 6.07) is 11.5. The highest BCUT2D eigenvalue weighted by Gasteiger charge is 2.10. The normalized spacial score (nSPS) is 9.41. The Morgan fingerprint density at radius 2 is 1.82 bits per heavy atom. The molecular weight excluding hydrogens is 298 g/mol. The van der Waals surface area contributed by atoms with E-state index in [4.69, 9.17) is 11.6 Å². The van der Waals surface area contributed by atoms with Gasteiger partial charge in [0.25, 0.3) is 0 Å². The fourth-order valence-electron chi connectivity index (χ4n) is 1.99. The summed E-state index contributed by atoms with van der Waals surface area (Å²) in [4.78, 5) is 18.7. The monoisotopic (exact) mass is 317 g/mol. The topological polar surface area (TPSA) is 50.7 Å². The van der Waals surface area contributed by atoms with Crippen LogP contribution in [-0.4, -0.2) is 14.5 Å². The molecule has 3 rings (SSSR count). The predicted octanol–water partition coefficient (Wildman–Crippen LogP) is 4.25. The Balaban J connectivity index is 0.000000561. The number of imidazole rings is 1. The molecule has 0 fully saturated rings. The first kappa shape index (κ1) is 17.7. The van der Waals surface area contributed by atoms with E-state index in [-0.39, 0.29) is 5.69 Å². The highest BCUT2D eigenvalue weighted by molar-refractivity contribution is 6.33.